The second kappa shape index (κ2) is 4.19. The van der Waals surface area contributed by atoms with Gasteiger partial charge in [-0.2, -0.15) is 0 Å². The van der Waals surface area contributed by atoms with Crippen LogP contribution in [0.5, 0.6) is 0 Å². The Morgan fingerprint density at radius 1 is 1.50 bits per heavy atom. The highest BCUT2D eigenvalue weighted by Crippen LogP contribution is 2.06. The molecule has 6 heteroatoms. The Labute approximate surface area is 81.6 Å². The minimum atomic E-state index is -3.66. The second-order valence-electron chi connectivity index (χ2n) is 2.50. The standard InChI is InChI=1S/C8H9NO4S/c1-13-8(10)6-14(11,12)7-4-2-3-5-9-7/h2-5H,6H2,1H3. The van der Waals surface area contributed by atoms with E-state index >= 15 is 0 Å². The van der Waals surface area contributed by atoms with E-state index in [0.717, 1.165) is 7.11 Å². The van der Waals surface area contributed by atoms with Crippen molar-refractivity contribution in [1.82, 2.24) is 4.98 Å². The van der Waals surface area contributed by atoms with E-state index in [1.165, 1.54) is 18.3 Å². The molecule has 0 unspecified atom stereocenters. The molecule has 0 radical (unpaired) electrons. The van der Waals surface area contributed by atoms with Crippen molar-refractivity contribution in [2.24, 2.45) is 0 Å². The third kappa shape index (κ3) is 2.53. The highest BCUT2D eigenvalue weighted by atomic mass is 32.2. The van der Waals surface area contributed by atoms with Gasteiger partial charge in [0.1, 0.15) is 0 Å². The SMILES string of the molecule is COC(=O)CS(=O)(=O)c1ccccn1. The van der Waals surface area contributed by atoms with Crippen molar-refractivity contribution >= 4 is 15.8 Å². The highest BCUT2D eigenvalue weighted by molar-refractivity contribution is 7.92. The van der Waals surface area contributed by atoms with Crippen molar-refractivity contribution in [2.45, 2.75) is 5.03 Å². The van der Waals surface area contributed by atoms with Crippen LogP contribution in [-0.2, 0) is 19.4 Å². The number of hydrogen-bond acceptors (Lipinski definition) is 5. The lowest BCUT2D eigenvalue weighted by molar-refractivity contribution is -0.137. The topological polar surface area (TPSA) is 73.3 Å². The maximum absolute atomic E-state index is 11.4. The van der Waals surface area contributed by atoms with Gasteiger partial charge in [-0.15, -0.1) is 0 Å². The Morgan fingerprint density at radius 3 is 2.71 bits per heavy atom. The molecule has 0 fully saturated rings. The summed E-state index contributed by atoms with van der Waals surface area (Å²) in [4.78, 5) is 14.4. The average Bonchev–Trinajstić information content (AvgIpc) is 2.18. The number of methoxy groups -OCH3 is 1. The monoisotopic (exact) mass is 215 g/mol. The van der Waals surface area contributed by atoms with Crippen molar-refractivity contribution < 1.29 is 17.9 Å². The first-order valence-electron chi connectivity index (χ1n) is 3.77. The molecule has 0 saturated carbocycles. The lowest BCUT2D eigenvalue weighted by atomic mass is 10.5. The summed E-state index contributed by atoms with van der Waals surface area (Å²) in [6.45, 7) is 0. The van der Waals surface area contributed by atoms with Crippen molar-refractivity contribution in [3.05, 3.63) is 24.4 Å². The molecule has 0 aliphatic carbocycles. The maximum atomic E-state index is 11.4. The molecule has 1 rings (SSSR count). The number of carbonyl (C=O) groups is 1. The van der Waals surface area contributed by atoms with Crippen molar-refractivity contribution in [3.63, 3.8) is 0 Å². The molecule has 0 spiro atoms. The van der Waals surface area contributed by atoms with Crippen LogP contribution in [0.15, 0.2) is 29.4 Å². The average molecular weight is 215 g/mol. The lowest BCUT2D eigenvalue weighted by Crippen LogP contribution is -2.18. The van der Waals surface area contributed by atoms with Gasteiger partial charge in [-0.3, -0.25) is 4.79 Å². The Balaban J connectivity index is 2.93. The molecule has 1 aromatic rings. The first-order chi connectivity index (χ1) is 6.56. The summed E-state index contributed by atoms with van der Waals surface area (Å²) in [5.41, 5.74) is 0. The van der Waals surface area contributed by atoms with Crippen LogP contribution in [0, 0.1) is 0 Å². The third-order valence-electron chi connectivity index (χ3n) is 1.49. The number of nitrogens with zero attached hydrogens (tertiary/aromatic N) is 1. The Kier molecular flexibility index (Phi) is 3.19. The zero-order chi connectivity index (χ0) is 10.6. The van der Waals surface area contributed by atoms with Gasteiger partial charge in [0.05, 0.1) is 7.11 Å². The number of aromatic nitrogens is 1. The van der Waals surface area contributed by atoms with Gasteiger partial charge in [0, 0.05) is 6.20 Å². The Morgan fingerprint density at radius 2 is 2.21 bits per heavy atom. The first-order valence-corrected chi connectivity index (χ1v) is 5.42. The van der Waals surface area contributed by atoms with Gasteiger partial charge >= 0.3 is 5.97 Å². The molecule has 1 aromatic heterocycles. The summed E-state index contributed by atoms with van der Waals surface area (Å²) in [5.74, 6) is -1.48. The number of sulfone groups is 1. The van der Waals surface area contributed by atoms with Crippen LogP contribution in [0.25, 0.3) is 0 Å². The summed E-state index contributed by atoms with van der Waals surface area (Å²) in [7, 11) is -2.52. The molecule has 76 valence electrons. The molecule has 1 heterocycles. The fraction of sp³-hybridized carbons (Fsp3) is 0.250. The predicted octanol–water partition coefficient (Wildman–Crippen LogP) is 0.0283. The van der Waals surface area contributed by atoms with Crippen molar-refractivity contribution in [1.29, 1.82) is 0 Å². The molecule has 0 saturated heterocycles. The molecular weight excluding hydrogens is 206 g/mol. The van der Waals surface area contributed by atoms with Crippen molar-refractivity contribution in [3.8, 4) is 0 Å². The number of carbonyl (C=O) groups excluding carboxylic acids is 1. The number of rotatable bonds is 3. The highest BCUT2D eigenvalue weighted by Gasteiger charge is 2.20. The first kappa shape index (κ1) is 10.6. The van der Waals surface area contributed by atoms with Gasteiger partial charge in [-0.1, -0.05) is 6.07 Å². The summed E-state index contributed by atoms with van der Waals surface area (Å²) < 4.78 is 27.1. The fourth-order valence-corrected chi connectivity index (χ4v) is 1.90. The van der Waals surface area contributed by atoms with E-state index in [-0.39, 0.29) is 5.03 Å². The fourth-order valence-electron chi connectivity index (χ4n) is 0.819. The summed E-state index contributed by atoms with van der Waals surface area (Å²) in [6.07, 6.45) is 1.35. The number of hydrogen-bond donors (Lipinski definition) is 0. The number of ether oxygens (including phenoxy) is 1. The predicted molar refractivity (Wildman–Crippen MR) is 48.3 cm³/mol. The van der Waals surface area contributed by atoms with Crippen LogP contribution in [0.1, 0.15) is 0 Å². The molecule has 5 nitrogen and oxygen atoms in total. The van der Waals surface area contributed by atoms with Crippen LogP contribution >= 0.6 is 0 Å². The molecule has 0 bridgehead atoms. The summed E-state index contributed by atoms with van der Waals surface area (Å²) in [6, 6.07) is 4.46. The van der Waals surface area contributed by atoms with Crippen LogP contribution in [0.4, 0.5) is 0 Å². The van der Waals surface area contributed by atoms with E-state index in [0.29, 0.717) is 0 Å². The zero-order valence-electron chi connectivity index (χ0n) is 7.50. The normalized spacial score (nSPS) is 10.9. The minimum Gasteiger partial charge on any atom is -0.468 e. The summed E-state index contributed by atoms with van der Waals surface area (Å²) >= 11 is 0. The number of pyridine rings is 1. The van der Waals surface area contributed by atoms with Crippen LogP contribution in [0.3, 0.4) is 0 Å². The Hall–Kier alpha value is -1.43. The third-order valence-corrected chi connectivity index (χ3v) is 2.99. The second-order valence-corrected chi connectivity index (χ2v) is 4.44. The molecule has 0 aromatic carbocycles. The molecule has 0 aliphatic rings. The van der Waals surface area contributed by atoms with E-state index in [1.807, 2.05) is 0 Å². The molecule has 14 heavy (non-hydrogen) atoms. The quantitative estimate of drug-likeness (QED) is 0.665. The van der Waals surface area contributed by atoms with Gasteiger partial charge in [-0.25, -0.2) is 13.4 Å². The van der Waals surface area contributed by atoms with E-state index < -0.39 is 21.6 Å². The van der Waals surface area contributed by atoms with Gasteiger partial charge in [0.2, 0.25) is 9.84 Å². The smallest absolute Gasteiger partial charge is 0.321 e. The van der Waals surface area contributed by atoms with Gasteiger partial charge in [-0.05, 0) is 12.1 Å². The molecule has 0 atom stereocenters. The van der Waals surface area contributed by atoms with Gasteiger partial charge < -0.3 is 4.74 Å². The summed E-state index contributed by atoms with van der Waals surface area (Å²) in [5, 5.41) is -0.120. The Bertz CT molecular complexity index is 412. The number of esters is 1. The van der Waals surface area contributed by atoms with E-state index in [1.54, 1.807) is 6.07 Å². The van der Waals surface area contributed by atoms with E-state index in [2.05, 4.69) is 9.72 Å². The zero-order valence-corrected chi connectivity index (χ0v) is 8.32. The molecule has 0 N–H and O–H groups in total. The molecule has 0 amide bonds. The van der Waals surface area contributed by atoms with E-state index in [4.69, 9.17) is 0 Å². The minimum absolute atomic E-state index is 0.120. The van der Waals surface area contributed by atoms with E-state index in [9.17, 15) is 13.2 Å². The molecule has 0 aliphatic heterocycles. The maximum Gasteiger partial charge on any atom is 0.321 e. The van der Waals surface area contributed by atoms with Gasteiger partial charge in [0.25, 0.3) is 0 Å². The van der Waals surface area contributed by atoms with Gasteiger partial charge in [0.15, 0.2) is 10.8 Å². The van der Waals surface area contributed by atoms with Crippen LogP contribution in [0.2, 0.25) is 0 Å². The van der Waals surface area contributed by atoms with Crippen LogP contribution < -0.4 is 0 Å². The largest absolute Gasteiger partial charge is 0.468 e. The van der Waals surface area contributed by atoms with Crippen LogP contribution in [-0.4, -0.2) is 32.2 Å². The molecular formula is C8H9NO4S. The lowest BCUT2D eigenvalue weighted by Gasteiger charge is -2.00. The van der Waals surface area contributed by atoms with Crippen molar-refractivity contribution in [2.75, 3.05) is 12.9 Å².